The van der Waals surface area contributed by atoms with E-state index in [1.54, 1.807) is 4.57 Å². The van der Waals surface area contributed by atoms with Crippen molar-refractivity contribution in [3.63, 3.8) is 0 Å². The quantitative estimate of drug-likeness (QED) is 0.812. The van der Waals surface area contributed by atoms with Gasteiger partial charge in [-0.3, -0.25) is 4.57 Å². The first-order valence-electron chi connectivity index (χ1n) is 5.53. The van der Waals surface area contributed by atoms with E-state index in [0.717, 1.165) is 28.0 Å². The molecular weight excluding hydrogens is 317 g/mol. The van der Waals surface area contributed by atoms with E-state index in [2.05, 4.69) is 22.6 Å². The Morgan fingerprint density at radius 2 is 2.25 bits per heavy atom. The maximum absolute atomic E-state index is 11.7. The number of oxazole rings is 1. The van der Waals surface area contributed by atoms with E-state index >= 15 is 0 Å². The van der Waals surface area contributed by atoms with Crippen molar-refractivity contribution in [3.05, 3.63) is 32.3 Å². The lowest BCUT2D eigenvalue weighted by atomic mass is 10.3. The molecule has 0 spiro atoms. The first-order valence-corrected chi connectivity index (χ1v) is 6.61. The lowest BCUT2D eigenvalue weighted by Crippen LogP contribution is -2.14. The normalized spacial score (nSPS) is 15.8. The van der Waals surface area contributed by atoms with E-state index < -0.39 is 0 Å². The smallest absolute Gasteiger partial charge is 0.408 e. The third-order valence-electron chi connectivity index (χ3n) is 3.09. The minimum Gasteiger partial charge on any atom is -0.408 e. The van der Waals surface area contributed by atoms with Gasteiger partial charge in [-0.05, 0) is 53.1 Å². The first kappa shape index (κ1) is 10.4. The van der Waals surface area contributed by atoms with Crippen LogP contribution in [0.2, 0.25) is 0 Å². The highest BCUT2D eigenvalue weighted by molar-refractivity contribution is 14.1. The molecule has 4 heteroatoms. The predicted molar refractivity (Wildman–Crippen MR) is 70.5 cm³/mol. The molecule has 0 bridgehead atoms. The van der Waals surface area contributed by atoms with E-state index in [-0.39, 0.29) is 5.76 Å². The lowest BCUT2D eigenvalue weighted by Gasteiger charge is -2.00. The van der Waals surface area contributed by atoms with Crippen LogP contribution in [-0.4, -0.2) is 4.57 Å². The zero-order valence-corrected chi connectivity index (χ0v) is 10.9. The molecule has 0 radical (unpaired) electrons. The summed E-state index contributed by atoms with van der Waals surface area (Å²) >= 11 is 2.25. The molecule has 0 amide bonds. The summed E-state index contributed by atoms with van der Waals surface area (Å²) in [5.41, 5.74) is 1.62. The Morgan fingerprint density at radius 1 is 1.44 bits per heavy atom. The van der Waals surface area contributed by atoms with Gasteiger partial charge in [0.05, 0.1) is 5.52 Å². The molecule has 1 saturated carbocycles. The van der Waals surface area contributed by atoms with Crippen molar-refractivity contribution in [2.75, 3.05) is 0 Å². The van der Waals surface area contributed by atoms with E-state index in [0.29, 0.717) is 5.58 Å². The predicted octanol–water partition coefficient (Wildman–Crippen LogP) is 3.00. The number of nitrogens with zero attached hydrogens (tertiary/aromatic N) is 1. The minimum absolute atomic E-state index is 0.224. The second-order valence-corrected chi connectivity index (χ2v) is 5.61. The zero-order chi connectivity index (χ0) is 11.1. The van der Waals surface area contributed by atoms with Crippen molar-refractivity contribution in [2.24, 2.45) is 5.92 Å². The summed E-state index contributed by atoms with van der Waals surface area (Å²) in [6.07, 6.45) is 3.74. The molecular formula is C12H12INO2. The van der Waals surface area contributed by atoms with Crippen LogP contribution in [0.4, 0.5) is 0 Å². The Balaban J connectivity index is 2.02. The van der Waals surface area contributed by atoms with Crippen molar-refractivity contribution in [2.45, 2.75) is 25.8 Å². The number of benzene rings is 1. The maximum Gasteiger partial charge on any atom is 0.419 e. The molecule has 0 atom stereocenters. The lowest BCUT2D eigenvalue weighted by molar-refractivity contribution is 0.489. The number of aryl methyl sites for hydroxylation is 1. The highest BCUT2D eigenvalue weighted by atomic mass is 127. The fourth-order valence-electron chi connectivity index (χ4n) is 1.97. The third-order valence-corrected chi connectivity index (χ3v) is 3.76. The fraction of sp³-hybridized carbons (Fsp3) is 0.417. The largest absolute Gasteiger partial charge is 0.419 e. The van der Waals surface area contributed by atoms with Crippen LogP contribution in [0.5, 0.6) is 0 Å². The summed E-state index contributed by atoms with van der Waals surface area (Å²) in [6.45, 7) is 0.788. The van der Waals surface area contributed by atoms with Crippen LogP contribution in [0.15, 0.2) is 27.4 Å². The van der Waals surface area contributed by atoms with Gasteiger partial charge in [0.2, 0.25) is 0 Å². The molecule has 0 aliphatic heterocycles. The Hall–Kier alpha value is -0.780. The summed E-state index contributed by atoms with van der Waals surface area (Å²) in [4.78, 5) is 11.7. The average Bonchev–Trinajstić information content (AvgIpc) is 3.01. The first-order chi connectivity index (χ1) is 7.74. The third kappa shape index (κ3) is 1.90. The van der Waals surface area contributed by atoms with Gasteiger partial charge in [-0.1, -0.05) is 12.8 Å². The number of aromatic nitrogens is 1. The summed E-state index contributed by atoms with van der Waals surface area (Å²) in [7, 11) is 0. The van der Waals surface area contributed by atoms with Gasteiger partial charge in [0.1, 0.15) is 0 Å². The molecule has 3 rings (SSSR count). The number of hydrogen-bond acceptors (Lipinski definition) is 2. The van der Waals surface area contributed by atoms with Gasteiger partial charge in [-0.15, -0.1) is 0 Å². The van der Waals surface area contributed by atoms with Crippen molar-refractivity contribution in [1.82, 2.24) is 4.57 Å². The van der Waals surface area contributed by atoms with Gasteiger partial charge in [-0.25, -0.2) is 4.79 Å². The zero-order valence-electron chi connectivity index (χ0n) is 8.78. The van der Waals surface area contributed by atoms with Crippen LogP contribution in [-0.2, 0) is 6.54 Å². The van der Waals surface area contributed by atoms with Crippen molar-refractivity contribution < 1.29 is 4.42 Å². The van der Waals surface area contributed by atoms with Gasteiger partial charge in [0.15, 0.2) is 5.58 Å². The summed E-state index contributed by atoms with van der Waals surface area (Å²) in [6, 6.07) is 5.83. The van der Waals surface area contributed by atoms with Gasteiger partial charge < -0.3 is 4.42 Å². The Kier molecular flexibility index (Phi) is 2.53. The van der Waals surface area contributed by atoms with E-state index in [1.807, 2.05) is 18.2 Å². The molecule has 0 N–H and O–H groups in total. The van der Waals surface area contributed by atoms with Gasteiger partial charge in [-0.2, -0.15) is 0 Å². The molecule has 2 aromatic rings. The molecule has 1 aromatic heterocycles. The standard InChI is InChI=1S/C12H12INO2/c13-9-3-4-11-10(7-9)14(12(15)16-11)6-5-8-1-2-8/h3-4,7-8H,1-2,5-6H2. The Labute approximate surface area is 107 Å². The molecule has 1 heterocycles. The van der Waals surface area contributed by atoms with Gasteiger partial charge >= 0.3 is 5.76 Å². The molecule has 1 aliphatic carbocycles. The number of rotatable bonds is 3. The topological polar surface area (TPSA) is 35.1 Å². The van der Waals surface area contributed by atoms with Crippen LogP contribution in [0.25, 0.3) is 11.1 Å². The second kappa shape index (κ2) is 3.91. The van der Waals surface area contributed by atoms with E-state index in [1.165, 1.54) is 12.8 Å². The van der Waals surface area contributed by atoms with Crippen LogP contribution in [0, 0.1) is 9.49 Å². The molecule has 1 aromatic carbocycles. The van der Waals surface area contributed by atoms with Crippen molar-refractivity contribution in [1.29, 1.82) is 0 Å². The SMILES string of the molecule is O=c1oc2ccc(I)cc2n1CCC1CC1. The Bertz CT molecular complexity index is 580. The molecule has 0 unspecified atom stereocenters. The van der Waals surface area contributed by atoms with Crippen LogP contribution in [0.3, 0.4) is 0 Å². The molecule has 1 fully saturated rings. The number of fused-ring (bicyclic) bond motifs is 1. The monoisotopic (exact) mass is 329 g/mol. The number of hydrogen-bond donors (Lipinski definition) is 0. The molecule has 84 valence electrons. The summed E-state index contributed by atoms with van der Waals surface area (Å²) in [5, 5.41) is 0. The summed E-state index contributed by atoms with van der Waals surface area (Å²) in [5.74, 6) is 0.609. The Morgan fingerprint density at radius 3 is 3.00 bits per heavy atom. The minimum atomic E-state index is -0.224. The van der Waals surface area contributed by atoms with Crippen molar-refractivity contribution >= 4 is 33.7 Å². The van der Waals surface area contributed by atoms with Crippen LogP contribution >= 0.6 is 22.6 Å². The molecule has 3 nitrogen and oxygen atoms in total. The van der Waals surface area contributed by atoms with Crippen molar-refractivity contribution in [3.8, 4) is 0 Å². The maximum atomic E-state index is 11.7. The molecule has 0 saturated heterocycles. The van der Waals surface area contributed by atoms with E-state index in [9.17, 15) is 4.79 Å². The number of halogens is 1. The van der Waals surface area contributed by atoms with Gasteiger partial charge in [0.25, 0.3) is 0 Å². The highest BCUT2D eigenvalue weighted by Gasteiger charge is 2.21. The van der Waals surface area contributed by atoms with Crippen LogP contribution in [0.1, 0.15) is 19.3 Å². The molecule has 16 heavy (non-hydrogen) atoms. The van der Waals surface area contributed by atoms with Crippen LogP contribution < -0.4 is 5.76 Å². The highest BCUT2D eigenvalue weighted by Crippen LogP contribution is 2.33. The summed E-state index contributed by atoms with van der Waals surface area (Å²) < 4.78 is 8.10. The van der Waals surface area contributed by atoms with E-state index in [4.69, 9.17) is 4.42 Å². The van der Waals surface area contributed by atoms with Gasteiger partial charge in [0, 0.05) is 10.1 Å². The second-order valence-electron chi connectivity index (χ2n) is 4.36. The average molecular weight is 329 g/mol. The molecule has 1 aliphatic rings. The fourth-order valence-corrected chi connectivity index (χ4v) is 2.44.